The monoisotopic (exact) mass is 366 g/mol. The summed E-state index contributed by atoms with van der Waals surface area (Å²) in [4.78, 5) is 11.0. The molecule has 0 aliphatic heterocycles. The van der Waals surface area contributed by atoms with E-state index in [2.05, 4.69) is 23.8 Å². The van der Waals surface area contributed by atoms with Crippen LogP contribution in [0.3, 0.4) is 0 Å². The lowest BCUT2D eigenvalue weighted by molar-refractivity contribution is -0.140. The van der Waals surface area contributed by atoms with Gasteiger partial charge in [0.05, 0.1) is 7.11 Å². The highest BCUT2D eigenvalue weighted by Crippen LogP contribution is 2.14. The summed E-state index contributed by atoms with van der Waals surface area (Å²) >= 11 is 0. The van der Waals surface area contributed by atoms with Gasteiger partial charge >= 0.3 is 5.97 Å². The topological polar surface area (TPSA) is 26.3 Å². The van der Waals surface area contributed by atoms with Crippen LogP contribution in [0.1, 0.15) is 129 Å². The lowest BCUT2D eigenvalue weighted by Crippen LogP contribution is -1.99. The van der Waals surface area contributed by atoms with Crippen LogP contribution in [0.4, 0.5) is 0 Å². The number of methoxy groups -OCH3 is 1. The maximum atomic E-state index is 11.0. The molecule has 154 valence electrons. The van der Waals surface area contributed by atoms with Gasteiger partial charge in [0.2, 0.25) is 0 Å². The Hall–Kier alpha value is -0.790. The van der Waals surface area contributed by atoms with E-state index in [0.717, 1.165) is 6.42 Å². The maximum Gasteiger partial charge on any atom is 0.305 e. The predicted molar refractivity (Wildman–Crippen MR) is 115 cm³/mol. The van der Waals surface area contributed by atoms with E-state index in [1.165, 1.54) is 116 Å². The highest BCUT2D eigenvalue weighted by molar-refractivity contribution is 5.68. The van der Waals surface area contributed by atoms with Crippen molar-refractivity contribution in [2.45, 2.75) is 129 Å². The lowest BCUT2D eigenvalue weighted by Gasteiger charge is -2.04. The van der Waals surface area contributed by atoms with E-state index < -0.39 is 0 Å². The van der Waals surface area contributed by atoms with Crippen LogP contribution in [0.2, 0.25) is 0 Å². The number of hydrogen-bond acceptors (Lipinski definition) is 2. The first-order chi connectivity index (χ1) is 12.8. The molecule has 0 spiro atoms. The third-order valence-corrected chi connectivity index (χ3v) is 5.22. The number of carbonyl (C=O) groups is 1. The minimum atomic E-state index is -0.0648. The van der Waals surface area contributed by atoms with Gasteiger partial charge in [0.15, 0.2) is 0 Å². The second-order valence-electron chi connectivity index (χ2n) is 7.69. The fourth-order valence-corrected chi connectivity index (χ4v) is 3.45. The Kier molecular flexibility index (Phi) is 21.6. The molecule has 0 unspecified atom stereocenters. The van der Waals surface area contributed by atoms with Crippen molar-refractivity contribution in [3.63, 3.8) is 0 Å². The van der Waals surface area contributed by atoms with Crippen LogP contribution < -0.4 is 0 Å². The zero-order chi connectivity index (χ0) is 19.1. The van der Waals surface area contributed by atoms with E-state index >= 15 is 0 Å². The number of esters is 1. The summed E-state index contributed by atoms with van der Waals surface area (Å²) in [5.41, 5.74) is 0. The quantitative estimate of drug-likeness (QED) is 0.123. The highest BCUT2D eigenvalue weighted by Gasteiger charge is 1.99. The molecule has 0 aromatic heterocycles. The number of unbranched alkanes of at least 4 members (excludes halogenated alkanes) is 17. The van der Waals surface area contributed by atoms with E-state index in [4.69, 9.17) is 0 Å². The normalized spacial score (nSPS) is 11.3. The largest absolute Gasteiger partial charge is 0.469 e. The molecule has 0 aromatic rings. The molecule has 2 nitrogen and oxygen atoms in total. The molecule has 0 atom stereocenters. The van der Waals surface area contributed by atoms with Crippen molar-refractivity contribution >= 4 is 5.97 Å². The summed E-state index contributed by atoms with van der Waals surface area (Å²) in [5.74, 6) is -0.0648. The zero-order valence-corrected chi connectivity index (χ0v) is 17.9. The molecule has 0 amide bonds. The van der Waals surface area contributed by atoms with Crippen molar-refractivity contribution < 1.29 is 9.53 Å². The SMILES string of the molecule is CC=CCCCCCCCCCCCCCCCCCCCC(=O)OC. The molecule has 0 aromatic carbocycles. The van der Waals surface area contributed by atoms with Gasteiger partial charge in [-0.3, -0.25) is 4.79 Å². The Morgan fingerprint density at radius 3 is 1.31 bits per heavy atom. The van der Waals surface area contributed by atoms with Gasteiger partial charge in [-0.1, -0.05) is 108 Å². The Bertz CT molecular complexity index is 309. The van der Waals surface area contributed by atoms with Gasteiger partial charge in [-0.25, -0.2) is 0 Å². The number of rotatable bonds is 20. The first-order valence-electron chi connectivity index (χ1n) is 11.5. The Morgan fingerprint density at radius 2 is 0.962 bits per heavy atom. The molecule has 0 rings (SSSR count). The van der Waals surface area contributed by atoms with Crippen LogP contribution in [0.15, 0.2) is 12.2 Å². The molecule has 0 aliphatic carbocycles. The van der Waals surface area contributed by atoms with Crippen LogP contribution in [0.5, 0.6) is 0 Å². The van der Waals surface area contributed by atoms with Crippen LogP contribution >= 0.6 is 0 Å². The Balaban J connectivity index is 3.02. The number of allylic oxidation sites excluding steroid dienone is 2. The Morgan fingerprint density at radius 1 is 0.615 bits per heavy atom. The molecule has 0 fully saturated rings. The molecule has 26 heavy (non-hydrogen) atoms. The maximum absolute atomic E-state index is 11.0. The van der Waals surface area contributed by atoms with Gasteiger partial charge in [-0.05, 0) is 26.2 Å². The fourth-order valence-electron chi connectivity index (χ4n) is 3.45. The molecular formula is C24H46O2. The van der Waals surface area contributed by atoms with Crippen LogP contribution in [-0.2, 0) is 9.53 Å². The van der Waals surface area contributed by atoms with E-state index in [1.54, 1.807) is 0 Å². The average molecular weight is 367 g/mol. The minimum absolute atomic E-state index is 0.0648. The third-order valence-electron chi connectivity index (χ3n) is 5.22. The Labute approximate surface area is 164 Å². The average Bonchev–Trinajstić information content (AvgIpc) is 2.66. The van der Waals surface area contributed by atoms with Crippen LogP contribution in [0.25, 0.3) is 0 Å². The second kappa shape index (κ2) is 22.3. The van der Waals surface area contributed by atoms with E-state index in [1.807, 2.05) is 0 Å². The van der Waals surface area contributed by atoms with Crippen LogP contribution in [0, 0.1) is 0 Å². The number of hydrogen-bond donors (Lipinski definition) is 0. The summed E-state index contributed by atoms with van der Waals surface area (Å²) in [5, 5.41) is 0. The molecule has 2 heteroatoms. The molecule has 0 saturated carbocycles. The lowest BCUT2D eigenvalue weighted by atomic mass is 10.0. The van der Waals surface area contributed by atoms with Crippen molar-refractivity contribution in [1.29, 1.82) is 0 Å². The smallest absolute Gasteiger partial charge is 0.305 e. The molecule has 0 heterocycles. The van der Waals surface area contributed by atoms with Gasteiger partial charge in [-0.15, -0.1) is 0 Å². The fraction of sp³-hybridized carbons (Fsp3) is 0.875. The predicted octanol–water partition coefficient (Wildman–Crippen LogP) is 8.15. The van der Waals surface area contributed by atoms with E-state index in [-0.39, 0.29) is 5.97 Å². The summed E-state index contributed by atoms with van der Waals surface area (Å²) < 4.78 is 4.65. The third kappa shape index (κ3) is 21.3. The summed E-state index contributed by atoms with van der Waals surface area (Å²) in [6.07, 6.45) is 29.5. The molecule has 0 bridgehead atoms. The van der Waals surface area contributed by atoms with Gasteiger partial charge in [0.25, 0.3) is 0 Å². The minimum Gasteiger partial charge on any atom is -0.469 e. The van der Waals surface area contributed by atoms with E-state index in [0.29, 0.717) is 6.42 Å². The van der Waals surface area contributed by atoms with Crippen molar-refractivity contribution in [2.24, 2.45) is 0 Å². The second-order valence-corrected chi connectivity index (χ2v) is 7.69. The molecule has 0 aliphatic rings. The highest BCUT2D eigenvalue weighted by atomic mass is 16.5. The van der Waals surface area contributed by atoms with Gasteiger partial charge in [0, 0.05) is 6.42 Å². The molecule has 0 saturated heterocycles. The molecule has 0 radical (unpaired) electrons. The van der Waals surface area contributed by atoms with Crippen molar-refractivity contribution in [3.8, 4) is 0 Å². The molecular weight excluding hydrogens is 320 g/mol. The van der Waals surface area contributed by atoms with Crippen molar-refractivity contribution in [2.75, 3.05) is 7.11 Å². The van der Waals surface area contributed by atoms with Crippen LogP contribution in [-0.4, -0.2) is 13.1 Å². The molecule has 0 N–H and O–H groups in total. The zero-order valence-electron chi connectivity index (χ0n) is 17.9. The van der Waals surface area contributed by atoms with Crippen molar-refractivity contribution in [1.82, 2.24) is 0 Å². The van der Waals surface area contributed by atoms with E-state index in [9.17, 15) is 4.79 Å². The standard InChI is InChI=1S/C24H46O2/c1-3-4-5-6-7-8-9-10-11-12-13-14-15-16-17-18-19-20-21-22-23-24(25)26-2/h3-4H,5-23H2,1-2H3. The first-order valence-corrected chi connectivity index (χ1v) is 11.5. The number of ether oxygens (including phenoxy) is 1. The van der Waals surface area contributed by atoms with Crippen molar-refractivity contribution in [3.05, 3.63) is 12.2 Å². The van der Waals surface area contributed by atoms with Gasteiger partial charge in [-0.2, -0.15) is 0 Å². The van der Waals surface area contributed by atoms with Gasteiger partial charge in [0.1, 0.15) is 0 Å². The summed E-state index contributed by atoms with van der Waals surface area (Å²) in [6, 6.07) is 0. The van der Waals surface area contributed by atoms with Gasteiger partial charge < -0.3 is 4.74 Å². The first kappa shape index (κ1) is 25.2. The summed E-state index contributed by atoms with van der Waals surface area (Å²) in [7, 11) is 1.47. The number of carbonyl (C=O) groups excluding carboxylic acids is 1. The summed E-state index contributed by atoms with van der Waals surface area (Å²) in [6.45, 7) is 2.11.